The molecule has 0 radical (unpaired) electrons. The normalized spacial score (nSPS) is 15.3. The molecule has 0 bridgehead atoms. The van der Waals surface area contributed by atoms with Crippen molar-refractivity contribution in [2.75, 3.05) is 52.1 Å². The molecule has 2 heterocycles. The summed E-state index contributed by atoms with van der Waals surface area (Å²) in [6.07, 6.45) is -1.30. The van der Waals surface area contributed by atoms with Gasteiger partial charge in [-0.15, -0.1) is 10.2 Å². The number of nitrogens with one attached hydrogen (secondary N) is 1. The molecule has 5 N–H and O–H groups in total. The molecule has 1 saturated heterocycles. The molecule has 0 saturated carbocycles. The number of carboxylic acid groups (broad SMARTS) is 1. The summed E-state index contributed by atoms with van der Waals surface area (Å²) in [5.41, 5.74) is 8.67. The third-order valence-corrected chi connectivity index (χ3v) is 15.8. The fourth-order valence-electron chi connectivity index (χ4n) is 8.29. The first-order valence-electron chi connectivity index (χ1n) is 21.2. The average molecular weight is 955 g/mol. The number of nitrogens with two attached hydrogens (primary N) is 1. The fraction of sp³-hybridized carbons (Fsp3) is 0.319. The van der Waals surface area contributed by atoms with Crippen molar-refractivity contribution in [1.29, 1.82) is 0 Å². The van der Waals surface area contributed by atoms with E-state index < -0.39 is 59.0 Å². The quantitative estimate of drug-likeness (QED) is 0.0722. The number of tetrazole rings is 1. The molecule has 0 spiro atoms. The van der Waals surface area contributed by atoms with Crippen LogP contribution >= 0.6 is 0 Å². The summed E-state index contributed by atoms with van der Waals surface area (Å²) in [7, 11) is -5.16. The predicted molar refractivity (Wildman–Crippen MR) is 252 cm³/mol. The minimum absolute atomic E-state index is 0.0938. The van der Waals surface area contributed by atoms with Gasteiger partial charge in [-0.1, -0.05) is 75.4 Å². The third-order valence-electron chi connectivity index (χ3n) is 11.6. The summed E-state index contributed by atoms with van der Waals surface area (Å²) in [4.78, 5) is 13.6. The van der Waals surface area contributed by atoms with Gasteiger partial charge in [0.15, 0.2) is 9.84 Å². The van der Waals surface area contributed by atoms with Crippen molar-refractivity contribution < 1.29 is 46.1 Å². The Labute approximate surface area is 389 Å². The van der Waals surface area contributed by atoms with Crippen LogP contribution in [0.5, 0.6) is 17.2 Å². The number of aliphatic hydroxyl groups excluding tert-OH is 1. The van der Waals surface area contributed by atoms with Gasteiger partial charge in [-0.3, -0.25) is 0 Å². The van der Waals surface area contributed by atoms with Crippen LogP contribution in [0, 0.1) is 5.41 Å². The number of likely N-dealkylation sites (tertiary alicyclic amines) is 1. The number of sulfonamides is 1. The van der Waals surface area contributed by atoms with E-state index in [9.17, 15) is 15.0 Å². The van der Waals surface area contributed by atoms with Crippen LogP contribution in [0.15, 0.2) is 113 Å². The topological polar surface area (TPSA) is 242 Å². The van der Waals surface area contributed by atoms with E-state index in [2.05, 4.69) is 15.6 Å². The number of ether oxygens (including phenoxy) is 3. The lowest BCUT2D eigenvalue weighted by Gasteiger charge is -2.52. The van der Waals surface area contributed by atoms with Crippen molar-refractivity contribution in [3.8, 4) is 39.8 Å². The zero-order chi connectivity index (χ0) is 48.3. The lowest BCUT2D eigenvalue weighted by atomic mass is 9.79. The van der Waals surface area contributed by atoms with Crippen LogP contribution in [-0.2, 0) is 39.5 Å². The lowest BCUT2D eigenvalue weighted by molar-refractivity contribution is 0.0237. The van der Waals surface area contributed by atoms with E-state index in [0.29, 0.717) is 39.6 Å². The Balaban J connectivity index is 1.54. The van der Waals surface area contributed by atoms with Gasteiger partial charge < -0.3 is 40.4 Å². The van der Waals surface area contributed by atoms with Crippen LogP contribution in [0.1, 0.15) is 37.5 Å². The molecule has 5 aromatic carbocycles. The number of rotatable bonds is 18. The number of carbonyl (C=O) groups is 1. The Morgan fingerprint density at radius 1 is 0.806 bits per heavy atom. The summed E-state index contributed by atoms with van der Waals surface area (Å²) < 4.78 is 80.7. The first-order chi connectivity index (χ1) is 31.9. The summed E-state index contributed by atoms with van der Waals surface area (Å²) in [6, 6.07) is 27.5. The Hall–Kier alpha value is -6.74. The van der Waals surface area contributed by atoms with Gasteiger partial charge in [0.1, 0.15) is 27.4 Å². The van der Waals surface area contributed by atoms with Gasteiger partial charge in [0.2, 0.25) is 15.8 Å². The SMILES string of the molecule is COc1ccc(CN(Cc2ccc(OC)cc2)S(=O)(=O)c2c(S(=O)(=O)C3CN(C(=O)O)C3C(C)(C)C)ccc(-c3cccc(NCCO)c3N)c2-c2nnn(Cc3ccc(OC)cc3)n2)cc1. The van der Waals surface area contributed by atoms with Gasteiger partial charge in [-0.2, -0.15) is 9.10 Å². The summed E-state index contributed by atoms with van der Waals surface area (Å²) in [5, 5.41) is 35.0. The van der Waals surface area contributed by atoms with Crippen molar-refractivity contribution >= 4 is 37.3 Å². The molecule has 67 heavy (non-hydrogen) atoms. The number of aromatic nitrogens is 4. The molecule has 2 unspecified atom stereocenters. The van der Waals surface area contributed by atoms with Crippen molar-refractivity contribution in [2.45, 2.75) is 61.5 Å². The average Bonchev–Trinajstić information content (AvgIpc) is 3.75. The number of hydrogen-bond donors (Lipinski definition) is 4. The number of nitrogens with zero attached hydrogens (tertiary/aromatic N) is 6. The zero-order valence-corrected chi connectivity index (χ0v) is 39.6. The van der Waals surface area contributed by atoms with E-state index in [-0.39, 0.29) is 55.4 Å². The maximum absolute atomic E-state index is 16.2. The molecule has 1 amide bonds. The van der Waals surface area contributed by atoms with Crippen molar-refractivity contribution in [2.24, 2.45) is 5.41 Å². The van der Waals surface area contributed by atoms with Crippen LogP contribution in [0.4, 0.5) is 16.2 Å². The number of nitrogen functional groups attached to an aromatic ring is 1. The monoisotopic (exact) mass is 954 g/mol. The number of hydrogen-bond acceptors (Lipinski definition) is 14. The molecule has 1 aliphatic rings. The van der Waals surface area contributed by atoms with Crippen LogP contribution < -0.4 is 25.3 Å². The van der Waals surface area contributed by atoms with Gasteiger partial charge in [0.05, 0.1) is 62.4 Å². The first kappa shape index (κ1) is 48.2. The van der Waals surface area contributed by atoms with Crippen LogP contribution in [-0.4, -0.2) is 115 Å². The maximum Gasteiger partial charge on any atom is 0.407 e. The molecule has 6 aromatic rings. The molecule has 2 atom stereocenters. The number of benzene rings is 5. The summed E-state index contributed by atoms with van der Waals surface area (Å²) >= 11 is 0. The van der Waals surface area contributed by atoms with Gasteiger partial charge in [-0.05, 0) is 81.4 Å². The van der Waals surface area contributed by atoms with Gasteiger partial charge >= 0.3 is 6.09 Å². The Morgan fingerprint density at radius 3 is 1.87 bits per heavy atom. The van der Waals surface area contributed by atoms with Crippen molar-refractivity contribution in [3.05, 3.63) is 120 Å². The second kappa shape index (κ2) is 19.6. The van der Waals surface area contributed by atoms with Crippen LogP contribution in [0.25, 0.3) is 22.5 Å². The number of aliphatic hydroxyl groups is 1. The summed E-state index contributed by atoms with van der Waals surface area (Å²) in [5.74, 6) is 1.48. The number of methoxy groups -OCH3 is 3. The predicted octanol–water partition coefficient (Wildman–Crippen LogP) is 6.01. The van der Waals surface area contributed by atoms with E-state index in [1.807, 2.05) is 12.1 Å². The zero-order valence-electron chi connectivity index (χ0n) is 37.9. The van der Waals surface area contributed by atoms with E-state index in [4.69, 9.17) is 25.0 Å². The Kier molecular flexibility index (Phi) is 14.1. The molecule has 1 aromatic heterocycles. The standard InChI is InChI=1S/C47H54N8O10S2/c1-47(2,3)44-40(29-54(44)46(57)58)66(59,60)39-23-22-36(37-8-7-9-38(42(37)48)49-24-25-56)41(45-50-52-55(51-45)28-32-14-20-35(65-6)21-15-32)43(39)67(61,62)53(26-30-10-16-33(63-4)17-11-30)27-31-12-18-34(64-5)19-13-31/h7-23,40,44,49,56H,24-29,48H2,1-6H3,(H,57,58). The Bertz CT molecular complexity index is 2890. The number of anilines is 2. The summed E-state index contributed by atoms with van der Waals surface area (Å²) in [6.45, 7) is 4.37. The van der Waals surface area contributed by atoms with E-state index in [0.717, 1.165) is 10.5 Å². The largest absolute Gasteiger partial charge is 0.497 e. The van der Waals surface area contributed by atoms with Crippen LogP contribution in [0.2, 0.25) is 0 Å². The minimum atomic E-state index is -5.01. The lowest BCUT2D eigenvalue weighted by Crippen LogP contribution is -2.69. The number of para-hydroxylation sites is 1. The highest BCUT2D eigenvalue weighted by Crippen LogP contribution is 2.47. The number of amides is 1. The molecule has 7 rings (SSSR count). The van der Waals surface area contributed by atoms with Crippen molar-refractivity contribution in [3.63, 3.8) is 0 Å². The highest BCUT2D eigenvalue weighted by molar-refractivity contribution is 7.94. The highest BCUT2D eigenvalue weighted by Gasteiger charge is 2.56. The fourth-order valence-corrected chi connectivity index (χ4v) is 12.8. The van der Waals surface area contributed by atoms with Gasteiger partial charge in [0.25, 0.3) is 0 Å². The molecule has 354 valence electrons. The van der Waals surface area contributed by atoms with Gasteiger partial charge in [0, 0.05) is 31.7 Å². The van der Waals surface area contributed by atoms with Crippen molar-refractivity contribution in [1.82, 2.24) is 29.4 Å². The van der Waals surface area contributed by atoms with E-state index in [1.54, 1.807) is 107 Å². The maximum atomic E-state index is 16.2. The number of sulfone groups is 1. The smallest absolute Gasteiger partial charge is 0.407 e. The van der Waals surface area contributed by atoms with E-state index in [1.165, 1.54) is 35.5 Å². The molecular formula is C47H54N8O10S2. The minimum Gasteiger partial charge on any atom is -0.497 e. The molecule has 18 nitrogen and oxygen atoms in total. The highest BCUT2D eigenvalue weighted by atomic mass is 32.2. The molecular weight excluding hydrogens is 901 g/mol. The molecule has 1 fully saturated rings. The Morgan fingerprint density at radius 2 is 1.36 bits per heavy atom. The second-order valence-electron chi connectivity index (χ2n) is 17.0. The van der Waals surface area contributed by atoms with Crippen LogP contribution in [0.3, 0.4) is 0 Å². The molecule has 0 aliphatic carbocycles. The molecule has 20 heteroatoms. The third kappa shape index (κ3) is 10.0. The first-order valence-corrected chi connectivity index (χ1v) is 24.2. The van der Waals surface area contributed by atoms with E-state index >= 15 is 16.8 Å². The van der Waals surface area contributed by atoms with Gasteiger partial charge in [-0.25, -0.2) is 21.6 Å². The molecule has 1 aliphatic heterocycles. The second-order valence-corrected chi connectivity index (χ2v) is 21.0.